The van der Waals surface area contributed by atoms with Gasteiger partial charge in [-0.3, -0.25) is 14.3 Å². The number of rotatable bonds is 7. The number of nitrogens with one attached hydrogen (secondary N) is 3. The van der Waals surface area contributed by atoms with Crippen LogP contribution in [-0.2, 0) is 24.4 Å². The fraction of sp³-hybridized carbons (Fsp3) is 0.500. The predicted octanol–water partition coefficient (Wildman–Crippen LogP) is 1.93. The van der Waals surface area contributed by atoms with E-state index in [1.807, 2.05) is 36.0 Å². The maximum atomic E-state index is 12.6. The molecular weight excluding hydrogens is 386 g/mol. The van der Waals surface area contributed by atoms with Gasteiger partial charge in [0.15, 0.2) is 0 Å². The lowest BCUT2D eigenvalue weighted by molar-refractivity contribution is -0.123. The molecule has 2 aromatic rings. The van der Waals surface area contributed by atoms with Gasteiger partial charge in [0.25, 0.3) is 5.91 Å². The molecule has 0 bridgehead atoms. The highest BCUT2D eigenvalue weighted by atomic mass is 35.5. The van der Waals surface area contributed by atoms with E-state index in [4.69, 9.17) is 0 Å². The highest BCUT2D eigenvalue weighted by Crippen LogP contribution is 2.12. The smallest absolute Gasteiger partial charge is 0.261 e. The van der Waals surface area contributed by atoms with Crippen LogP contribution in [0.25, 0.3) is 0 Å². The molecule has 0 aliphatic carbocycles. The molecule has 9 heteroatoms. The summed E-state index contributed by atoms with van der Waals surface area (Å²) in [6.45, 7) is 6.99. The Kier molecular flexibility index (Phi) is 7.82. The number of nitrogens with zero attached hydrogens (tertiary/aromatic N) is 2. The van der Waals surface area contributed by atoms with Gasteiger partial charge in [0.05, 0.1) is 29.4 Å². The number of amides is 2. The summed E-state index contributed by atoms with van der Waals surface area (Å²) in [5.41, 5.74) is 1.97. The fourth-order valence-electron chi connectivity index (χ4n) is 2.98. The van der Waals surface area contributed by atoms with Crippen molar-refractivity contribution in [1.82, 2.24) is 25.7 Å². The Hall–Kier alpha value is -1.90. The molecular formula is C18H26ClN5O2S. The summed E-state index contributed by atoms with van der Waals surface area (Å²) in [5.74, 6) is -0.0857. The fourth-order valence-corrected chi connectivity index (χ4v) is 3.61. The summed E-state index contributed by atoms with van der Waals surface area (Å²) in [5, 5.41) is 15.4. The Balaban J connectivity index is 0.00000261. The molecule has 3 heterocycles. The van der Waals surface area contributed by atoms with E-state index in [0.717, 1.165) is 31.0 Å². The largest absolute Gasteiger partial charge is 0.349 e. The number of carbonyl (C=O) groups is 2. The first-order valence-electron chi connectivity index (χ1n) is 8.91. The van der Waals surface area contributed by atoms with Crippen LogP contribution in [0.15, 0.2) is 23.6 Å². The van der Waals surface area contributed by atoms with Crippen LogP contribution in [0, 0.1) is 5.92 Å². The average Bonchev–Trinajstić information content (AvgIpc) is 3.27. The molecule has 3 rings (SSSR count). The predicted molar refractivity (Wildman–Crippen MR) is 108 cm³/mol. The number of carbonyl (C=O) groups excluding carboxylic acids is 2. The lowest BCUT2D eigenvalue weighted by Gasteiger charge is -2.19. The zero-order valence-electron chi connectivity index (χ0n) is 15.5. The summed E-state index contributed by atoms with van der Waals surface area (Å²) >= 11 is 1.37. The van der Waals surface area contributed by atoms with Crippen LogP contribution >= 0.6 is 23.7 Å². The zero-order valence-corrected chi connectivity index (χ0v) is 17.2. The lowest BCUT2D eigenvalue weighted by atomic mass is 10.0. The van der Waals surface area contributed by atoms with Crippen molar-refractivity contribution in [3.63, 3.8) is 0 Å². The molecule has 0 spiro atoms. The quantitative estimate of drug-likeness (QED) is 0.649. The first kappa shape index (κ1) is 21.4. The van der Waals surface area contributed by atoms with Crippen LogP contribution < -0.4 is 16.0 Å². The Morgan fingerprint density at radius 3 is 2.89 bits per heavy atom. The maximum Gasteiger partial charge on any atom is 0.261 e. The van der Waals surface area contributed by atoms with Gasteiger partial charge in [0.2, 0.25) is 5.91 Å². The van der Waals surface area contributed by atoms with Gasteiger partial charge in [-0.05, 0) is 29.9 Å². The first-order valence-corrected chi connectivity index (χ1v) is 9.79. The van der Waals surface area contributed by atoms with Gasteiger partial charge in [-0.2, -0.15) is 5.10 Å². The number of halogens is 1. The number of thiophene rings is 1. The SMILES string of the molecule is CC(C)CC(NC(=O)c1cccs1)C(=O)NCc1cc2n(n1)CCNC2.Cl. The number of hydrogen-bond acceptors (Lipinski definition) is 5. The second kappa shape index (κ2) is 9.87. The van der Waals surface area contributed by atoms with Crippen molar-refractivity contribution < 1.29 is 9.59 Å². The minimum atomic E-state index is -0.552. The van der Waals surface area contributed by atoms with Gasteiger partial charge >= 0.3 is 0 Å². The summed E-state index contributed by atoms with van der Waals surface area (Å²) < 4.78 is 1.97. The molecule has 2 aromatic heterocycles. The van der Waals surface area contributed by atoms with Crippen molar-refractivity contribution in [3.05, 3.63) is 39.8 Å². The molecule has 7 nitrogen and oxygen atoms in total. The van der Waals surface area contributed by atoms with Crippen molar-refractivity contribution in [2.45, 2.75) is 45.9 Å². The van der Waals surface area contributed by atoms with Crippen LogP contribution in [0.5, 0.6) is 0 Å². The van der Waals surface area contributed by atoms with Crippen LogP contribution in [0.4, 0.5) is 0 Å². The molecule has 0 aromatic carbocycles. The molecule has 0 fully saturated rings. The van der Waals surface area contributed by atoms with E-state index in [2.05, 4.69) is 21.0 Å². The summed E-state index contributed by atoms with van der Waals surface area (Å²) in [6.07, 6.45) is 0.590. The average molecular weight is 412 g/mol. The van der Waals surface area contributed by atoms with Crippen LogP contribution in [0.3, 0.4) is 0 Å². The topological polar surface area (TPSA) is 88.1 Å². The standard InChI is InChI=1S/C18H25N5O2S.ClH/c1-12(2)8-15(21-18(25)16-4-3-7-26-16)17(24)20-10-13-9-14-11-19-5-6-23(14)22-13;/h3-4,7,9,12,15,19H,5-6,8,10-11H2,1-2H3,(H,20,24)(H,21,25);1H. The molecule has 1 aliphatic heterocycles. The highest BCUT2D eigenvalue weighted by molar-refractivity contribution is 7.12. The molecule has 0 saturated carbocycles. The van der Waals surface area contributed by atoms with Gasteiger partial charge in [-0.15, -0.1) is 23.7 Å². The first-order chi connectivity index (χ1) is 12.5. The van der Waals surface area contributed by atoms with E-state index in [1.165, 1.54) is 11.3 Å². The van der Waals surface area contributed by atoms with E-state index in [9.17, 15) is 9.59 Å². The van der Waals surface area contributed by atoms with Gasteiger partial charge in [-0.1, -0.05) is 19.9 Å². The Morgan fingerprint density at radius 1 is 1.41 bits per heavy atom. The third kappa shape index (κ3) is 5.79. The summed E-state index contributed by atoms with van der Waals surface area (Å²) in [6, 6.07) is 5.04. The molecule has 148 valence electrons. The normalized spacial score (nSPS) is 14.2. The van der Waals surface area contributed by atoms with E-state index in [0.29, 0.717) is 23.8 Å². The number of hydrogen-bond donors (Lipinski definition) is 3. The van der Waals surface area contributed by atoms with Crippen molar-refractivity contribution in [2.75, 3.05) is 6.54 Å². The molecule has 1 atom stereocenters. The second-order valence-corrected chi connectivity index (χ2v) is 7.83. The Labute approximate surface area is 169 Å². The van der Waals surface area contributed by atoms with E-state index < -0.39 is 6.04 Å². The van der Waals surface area contributed by atoms with Gasteiger partial charge in [0.1, 0.15) is 6.04 Å². The van der Waals surface area contributed by atoms with Crippen molar-refractivity contribution in [2.24, 2.45) is 5.92 Å². The van der Waals surface area contributed by atoms with Crippen molar-refractivity contribution in [3.8, 4) is 0 Å². The third-order valence-corrected chi connectivity index (χ3v) is 5.11. The minimum Gasteiger partial charge on any atom is -0.349 e. The van der Waals surface area contributed by atoms with E-state index >= 15 is 0 Å². The lowest BCUT2D eigenvalue weighted by Crippen LogP contribution is -2.47. The Morgan fingerprint density at radius 2 is 2.22 bits per heavy atom. The van der Waals surface area contributed by atoms with Crippen molar-refractivity contribution in [1.29, 1.82) is 0 Å². The minimum absolute atomic E-state index is 0. The van der Waals surface area contributed by atoms with Crippen molar-refractivity contribution >= 4 is 35.6 Å². The monoisotopic (exact) mass is 411 g/mol. The van der Waals surface area contributed by atoms with E-state index in [1.54, 1.807) is 6.07 Å². The van der Waals surface area contributed by atoms with Gasteiger partial charge in [-0.25, -0.2) is 0 Å². The molecule has 27 heavy (non-hydrogen) atoms. The van der Waals surface area contributed by atoms with Gasteiger partial charge in [0, 0.05) is 13.1 Å². The second-order valence-electron chi connectivity index (χ2n) is 6.88. The molecule has 2 amide bonds. The molecule has 0 saturated heterocycles. The van der Waals surface area contributed by atoms with E-state index in [-0.39, 0.29) is 24.2 Å². The van der Waals surface area contributed by atoms with Crippen LogP contribution in [0.1, 0.15) is 41.3 Å². The molecule has 1 unspecified atom stereocenters. The highest BCUT2D eigenvalue weighted by Gasteiger charge is 2.23. The maximum absolute atomic E-state index is 12.6. The summed E-state index contributed by atoms with van der Waals surface area (Å²) in [7, 11) is 0. The number of aromatic nitrogens is 2. The van der Waals surface area contributed by atoms with Crippen LogP contribution in [-0.4, -0.2) is 34.2 Å². The van der Waals surface area contributed by atoms with Crippen LogP contribution in [0.2, 0.25) is 0 Å². The molecule has 0 radical (unpaired) electrons. The third-order valence-electron chi connectivity index (χ3n) is 4.24. The van der Waals surface area contributed by atoms with Gasteiger partial charge < -0.3 is 16.0 Å². The Bertz CT molecular complexity index is 736. The number of fused-ring (bicyclic) bond motifs is 1. The molecule has 3 N–H and O–H groups in total. The summed E-state index contributed by atoms with van der Waals surface area (Å²) in [4.78, 5) is 25.5. The molecule has 1 aliphatic rings. The zero-order chi connectivity index (χ0) is 18.5.